The first-order valence-electron chi connectivity index (χ1n) is 12.6. The maximum absolute atomic E-state index is 6.69. The van der Waals surface area contributed by atoms with Crippen molar-refractivity contribution in [1.82, 2.24) is 0 Å². The molecule has 1 aliphatic heterocycles. The van der Waals surface area contributed by atoms with Crippen LogP contribution in [0.1, 0.15) is 0 Å². The van der Waals surface area contributed by atoms with Crippen molar-refractivity contribution in [2.45, 2.75) is 0 Å². The van der Waals surface area contributed by atoms with Crippen LogP contribution >= 0.6 is 0 Å². The van der Waals surface area contributed by atoms with Crippen molar-refractivity contribution in [3.05, 3.63) is 127 Å². The molecule has 0 N–H and O–H groups in total. The molecule has 0 fully saturated rings. The van der Waals surface area contributed by atoms with Gasteiger partial charge in [0.15, 0.2) is 11.5 Å². The van der Waals surface area contributed by atoms with Gasteiger partial charge in [-0.15, -0.1) is 0 Å². The molecule has 0 bridgehead atoms. The van der Waals surface area contributed by atoms with E-state index in [2.05, 4.69) is 53.4 Å². The first-order chi connectivity index (χ1) is 18.8. The molecule has 2 heterocycles. The van der Waals surface area contributed by atoms with Gasteiger partial charge in [-0.05, 0) is 66.0 Å². The second kappa shape index (κ2) is 8.15. The molecule has 0 aliphatic carbocycles. The molecule has 4 heteroatoms. The molecule has 4 nitrogen and oxygen atoms in total. The molecule has 0 amide bonds. The highest BCUT2D eigenvalue weighted by atomic mass is 16.5. The van der Waals surface area contributed by atoms with E-state index in [1.807, 2.05) is 78.9 Å². The van der Waals surface area contributed by atoms with E-state index in [0.717, 1.165) is 61.3 Å². The van der Waals surface area contributed by atoms with Gasteiger partial charge in [0.1, 0.15) is 22.7 Å². The van der Waals surface area contributed by atoms with E-state index in [0.29, 0.717) is 11.5 Å². The van der Waals surface area contributed by atoms with Crippen LogP contribution in [0.3, 0.4) is 0 Å². The summed E-state index contributed by atoms with van der Waals surface area (Å²) in [5.74, 6) is 2.89. The highest BCUT2D eigenvalue weighted by Crippen LogP contribution is 2.52. The molecule has 7 aromatic rings. The van der Waals surface area contributed by atoms with Gasteiger partial charge in [-0.1, -0.05) is 66.7 Å². The first kappa shape index (κ1) is 20.9. The molecular weight excluding hydrogens is 470 g/mol. The summed E-state index contributed by atoms with van der Waals surface area (Å²) in [7, 11) is 0. The lowest BCUT2D eigenvalue weighted by atomic mass is 10.1. The van der Waals surface area contributed by atoms with Crippen LogP contribution in [0.25, 0.3) is 32.7 Å². The fraction of sp³-hybridized carbons (Fsp3) is 0. The maximum Gasteiger partial charge on any atom is 0.193 e. The molecule has 38 heavy (non-hydrogen) atoms. The van der Waals surface area contributed by atoms with Crippen molar-refractivity contribution in [3.63, 3.8) is 0 Å². The van der Waals surface area contributed by atoms with E-state index in [-0.39, 0.29) is 0 Å². The van der Waals surface area contributed by atoms with Gasteiger partial charge < -0.3 is 18.8 Å². The zero-order chi connectivity index (χ0) is 25.1. The number of ether oxygens (including phenoxy) is 2. The molecule has 6 aromatic carbocycles. The van der Waals surface area contributed by atoms with E-state index in [1.54, 1.807) is 0 Å². The third-order valence-electron chi connectivity index (χ3n) is 7.09. The Balaban J connectivity index is 1.37. The second-order valence-corrected chi connectivity index (χ2v) is 9.37. The molecule has 1 aromatic heterocycles. The van der Waals surface area contributed by atoms with Crippen molar-refractivity contribution in [2.75, 3.05) is 4.90 Å². The average Bonchev–Trinajstić information content (AvgIpc) is 3.24. The van der Waals surface area contributed by atoms with E-state index >= 15 is 0 Å². The number of fused-ring (bicyclic) bond motifs is 4. The van der Waals surface area contributed by atoms with Crippen LogP contribution in [0, 0.1) is 0 Å². The fourth-order valence-corrected chi connectivity index (χ4v) is 5.39. The largest absolute Gasteiger partial charge is 0.456 e. The zero-order valence-corrected chi connectivity index (χ0v) is 20.3. The van der Waals surface area contributed by atoms with Gasteiger partial charge in [-0.2, -0.15) is 0 Å². The number of rotatable bonds is 3. The minimum absolute atomic E-state index is 0.664. The highest BCUT2D eigenvalue weighted by Gasteiger charge is 2.25. The van der Waals surface area contributed by atoms with E-state index in [4.69, 9.17) is 13.9 Å². The molecule has 0 spiro atoms. The summed E-state index contributed by atoms with van der Waals surface area (Å²) in [6, 6.07) is 43.0. The number of anilines is 3. The molecule has 180 valence electrons. The molecule has 0 atom stereocenters. The molecular formula is C34H21NO3. The predicted octanol–water partition coefficient (Wildman–Crippen LogP) is 10.1. The van der Waals surface area contributed by atoms with Crippen molar-refractivity contribution < 1.29 is 13.9 Å². The molecule has 0 radical (unpaired) electrons. The Morgan fingerprint density at radius 3 is 2.05 bits per heavy atom. The smallest absolute Gasteiger partial charge is 0.193 e. The van der Waals surface area contributed by atoms with Gasteiger partial charge in [0, 0.05) is 22.1 Å². The van der Waals surface area contributed by atoms with Crippen molar-refractivity contribution in [2.24, 2.45) is 0 Å². The van der Waals surface area contributed by atoms with Crippen LogP contribution in [0.5, 0.6) is 23.0 Å². The number of furan rings is 1. The number of nitrogens with zero attached hydrogens (tertiary/aromatic N) is 1. The highest BCUT2D eigenvalue weighted by molar-refractivity contribution is 6.06. The summed E-state index contributed by atoms with van der Waals surface area (Å²) >= 11 is 0. The van der Waals surface area contributed by atoms with Crippen molar-refractivity contribution in [3.8, 4) is 23.0 Å². The summed E-state index contributed by atoms with van der Waals surface area (Å²) in [5, 5.41) is 4.20. The van der Waals surface area contributed by atoms with Crippen LogP contribution in [-0.2, 0) is 0 Å². The second-order valence-electron chi connectivity index (χ2n) is 9.37. The molecule has 0 saturated heterocycles. The number of para-hydroxylation sites is 3. The normalized spacial score (nSPS) is 12.1. The van der Waals surface area contributed by atoms with Crippen LogP contribution < -0.4 is 14.4 Å². The number of benzene rings is 6. The minimum Gasteiger partial charge on any atom is -0.456 e. The summed E-state index contributed by atoms with van der Waals surface area (Å²) in [6.07, 6.45) is 0. The number of hydrogen-bond acceptors (Lipinski definition) is 4. The third kappa shape index (κ3) is 3.17. The summed E-state index contributed by atoms with van der Waals surface area (Å²) in [6.45, 7) is 0. The molecule has 8 rings (SSSR count). The lowest BCUT2D eigenvalue weighted by molar-refractivity contribution is 0.440. The van der Waals surface area contributed by atoms with Crippen molar-refractivity contribution >= 4 is 49.8 Å². The SMILES string of the molecule is c1ccc(N(c2ccc3oc4ccccc4c3c2)c2cccc3c2Oc2cccc4cccc(c24)O3)cc1. The molecule has 0 unspecified atom stereocenters. The Labute approximate surface area is 218 Å². The lowest BCUT2D eigenvalue weighted by Crippen LogP contribution is -2.11. The Morgan fingerprint density at radius 1 is 0.474 bits per heavy atom. The van der Waals surface area contributed by atoms with E-state index in [9.17, 15) is 0 Å². The summed E-state index contributed by atoms with van der Waals surface area (Å²) in [5.41, 5.74) is 4.62. The minimum atomic E-state index is 0.664. The molecule has 1 aliphatic rings. The third-order valence-corrected chi connectivity index (χ3v) is 7.09. The Hall–Kier alpha value is -5.22. The van der Waals surface area contributed by atoms with Crippen molar-refractivity contribution in [1.29, 1.82) is 0 Å². The van der Waals surface area contributed by atoms with Gasteiger partial charge in [0.05, 0.1) is 11.1 Å². The lowest BCUT2D eigenvalue weighted by Gasteiger charge is -2.27. The molecule has 0 saturated carbocycles. The number of hydrogen-bond donors (Lipinski definition) is 0. The van der Waals surface area contributed by atoms with Gasteiger partial charge in [0.2, 0.25) is 0 Å². The average molecular weight is 492 g/mol. The van der Waals surface area contributed by atoms with Crippen LogP contribution in [0.15, 0.2) is 132 Å². The Morgan fingerprint density at radius 2 is 1.18 bits per heavy atom. The zero-order valence-electron chi connectivity index (χ0n) is 20.3. The maximum atomic E-state index is 6.69. The topological polar surface area (TPSA) is 34.8 Å². The monoisotopic (exact) mass is 491 g/mol. The summed E-state index contributed by atoms with van der Waals surface area (Å²) < 4.78 is 19.3. The standard InChI is InChI=1S/C34H21NO3/c1-2-11-23(12-3-1)35(24-19-20-29-26(21-24)25-13-4-5-15-28(25)36-29)27-14-8-18-32-34(27)38-31-17-7-10-22-9-6-16-30(37-32)33(22)31/h1-21H. The Kier molecular flexibility index (Phi) is 4.49. The fourth-order valence-electron chi connectivity index (χ4n) is 5.39. The summed E-state index contributed by atoms with van der Waals surface area (Å²) in [4.78, 5) is 2.21. The van der Waals surface area contributed by atoms with Gasteiger partial charge in [-0.25, -0.2) is 0 Å². The van der Waals surface area contributed by atoms with Gasteiger partial charge >= 0.3 is 0 Å². The van der Waals surface area contributed by atoms with Crippen LogP contribution in [-0.4, -0.2) is 0 Å². The van der Waals surface area contributed by atoms with Crippen LogP contribution in [0.2, 0.25) is 0 Å². The predicted molar refractivity (Wildman–Crippen MR) is 152 cm³/mol. The quantitative estimate of drug-likeness (QED) is 0.246. The Bertz CT molecular complexity index is 1990. The van der Waals surface area contributed by atoms with Gasteiger partial charge in [0.25, 0.3) is 0 Å². The van der Waals surface area contributed by atoms with E-state index < -0.39 is 0 Å². The van der Waals surface area contributed by atoms with Crippen LogP contribution in [0.4, 0.5) is 17.1 Å². The van der Waals surface area contributed by atoms with E-state index in [1.165, 1.54) is 0 Å². The first-order valence-corrected chi connectivity index (χ1v) is 12.6. The van der Waals surface area contributed by atoms with Gasteiger partial charge in [-0.3, -0.25) is 0 Å².